The standard InChI is InChI=1S/C14H19N5OS/c1-8-7-9-11(17-14(15)18-13(9)21-8)19-6-4-3-5-10(19)12(20)16-2/h7,10H,3-6H2,1-2H3,(H,16,20)(H2,15,17,18). The number of aryl methyl sites for hydroxylation is 1. The summed E-state index contributed by atoms with van der Waals surface area (Å²) in [6, 6.07) is 1.89. The third-order valence-electron chi connectivity index (χ3n) is 3.84. The van der Waals surface area contributed by atoms with Crippen molar-refractivity contribution >= 4 is 39.2 Å². The fourth-order valence-corrected chi connectivity index (χ4v) is 3.77. The van der Waals surface area contributed by atoms with E-state index in [-0.39, 0.29) is 17.9 Å². The van der Waals surface area contributed by atoms with Gasteiger partial charge in [0.1, 0.15) is 16.7 Å². The van der Waals surface area contributed by atoms with Crippen LogP contribution in [0.2, 0.25) is 0 Å². The fourth-order valence-electron chi connectivity index (χ4n) is 2.89. The summed E-state index contributed by atoms with van der Waals surface area (Å²) in [6.07, 6.45) is 2.96. The van der Waals surface area contributed by atoms with Crippen molar-refractivity contribution < 1.29 is 4.79 Å². The Morgan fingerprint density at radius 1 is 1.48 bits per heavy atom. The highest BCUT2D eigenvalue weighted by atomic mass is 32.1. The topological polar surface area (TPSA) is 84.1 Å². The highest BCUT2D eigenvalue weighted by molar-refractivity contribution is 7.18. The molecule has 0 saturated carbocycles. The SMILES string of the molecule is CNC(=O)C1CCCCN1c1nc(N)nc2sc(C)cc12. The molecule has 0 aromatic carbocycles. The van der Waals surface area contributed by atoms with E-state index in [9.17, 15) is 4.79 Å². The maximum atomic E-state index is 12.2. The number of piperidine rings is 1. The average Bonchev–Trinajstić information content (AvgIpc) is 2.85. The number of hydrogen-bond acceptors (Lipinski definition) is 6. The lowest BCUT2D eigenvalue weighted by molar-refractivity contribution is -0.122. The number of rotatable bonds is 2. The molecule has 1 saturated heterocycles. The summed E-state index contributed by atoms with van der Waals surface area (Å²) in [5.41, 5.74) is 5.85. The number of fused-ring (bicyclic) bond motifs is 1. The first-order valence-corrected chi connectivity index (χ1v) is 7.93. The monoisotopic (exact) mass is 305 g/mol. The van der Waals surface area contributed by atoms with Gasteiger partial charge in [0.05, 0.1) is 5.39 Å². The molecule has 3 rings (SSSR count). The van der Waals surface area contributed by atoms with Gasteiger partial charge in [-0.05, 0) is 32.3 Å². The lowest BCUT2D eigenvalue weighted by atomic mass is 10.0. The van der Waals surface area contributed by atoms with Crippen molar-refractivity contribution in [1.82, 2.24) is 15.3 Å². The van der Waals surface area contributed by atoms with Crippen LogP contribution in [0.5, 0.6) is 0 Å². The van der Waals surface area contributed by atoms with Crippen LogP contribution in [0.15, 0.2) is 6.07 Å². The lowest BCUT2D eigenvalue weighted by Gasteiger charge is -2.35. The number of aromatic nitrogens is 2. The third-order valence-corrected chi connectivity index (χ3v) is 4.78. The highest BCUT2D eigenvalue weighted by Gasteiger charge is 2.30. The molecule has 0 spiro atoms. The van der Waals surface area contributed by atoms with Crippen molar-refractivity contribution in [3.8, 4) is 0 Å². The van der Waals surface area contributed by atoms with Crippen LogP contribution in [-0.4, -0.2) is 35.5 Å². The Balaban J connectivity index is 2.10. The number of anilines is 2. The zero-order valence-electron chi connectivity index (χ0n) is 12.2. The number of likely N-dealkylation sites (N-methyl/N-ethyl adjacent to an activating group) is 1. The molecule has 1 amide bonds. The largest absolute Gasteiger partial charge is 0.368 e. The van der Waals surface area contributed by atoms with Gasteiger partial charge in [0, 0.05) is 18.5 Å². The molecule has 1 aliphatic heterocycles. The van der Waals surface area contributed by atoms with E-state index in [2.05, 4.69) is 26.3 Å². The summed E-state index contributed by atoms with van der Waals surface area (Å²) < 4.78 is 0. The van der Waals surface area contributed by atoms with Gasteiger partial charge in [0.15, 0.2) is 0 Å². The van der Waals surface area contributed by atoms with Crippen LogP contribution >= 0.6 is 11.3 Å². The maximum absolute atomic E-state index is 12.2. The molecule has 6 nitrogen and oxygen atoms in total. The smallest absolute Gasteiger partial charge is 0.242 e. The number of nitrogens with two attached hydrogens (primary N) is 1. The minimum absolute atomic E-state index is 0.0342. The molecule has 1 unspecified atom stereocenters. The van der Waals surface area contributed by atoms with Crippen LogP contribution in [0.1, 0.15) is 24.1 Å². The van der Waals surface area contributed by atoms with Gasteiger partial charge in [-0.25, -0.2) is 4.98 Å². The molecular weight excluding hydrogens is 286 g/mol. The van der Waals surface area contributed by atoms with Crippen molar-refractivity contribution in [1.29, 1.82) is 0 Å². The molecule has 112 valence electrons. The zero-order valence-corrected chi connectivity index (χ0v) is 13.0. The number of nitrogen functional groups attached to an aromatic ring is 1. The number of nitrogens with zero attached hydrogens (tertiary/aromatic N) is 3. The van der Waals surface area contributed by atoms with Gasteiger partial charge in [-0.15, -0.1) is 11.3 Å². The number of carbonyl (C=O) groups is 1. The summed E-state index contributed by atoms with van der Waals surface area (Å²) in [5.74, 6) is 1.09. The van der Waals surface area contributed by atoms with Gasteiger partial charge in [-0.3, -0.25) is 4.79 Å². The van der Waals surface area contributed by atoms with E-state index in [4.69, 9.17) is 5.73 Å². The molecule has 21 heavy (non-hydrogen) atoms. The lowest BCUT2D eigenvalue weighted by Crippen LogP contribution is -2.49. The van der Waals surface area contributed by atoms with Gasteiger partial charge in [-0.2, -0.15) is 4.98 Å². The molecule has 2 aromatic heterocycles. The van der Waals surface area contributed by atoms with Crippen LogP contribution in [-0.2, 0) is 4.79 Å². The fraction of sp³-hybridized carbons (Fsp3) is 0.500. The zero-order chi connectivity index (χ0) is 15.0. The number of amides is 1. The Kier molecular flexibility index (Phi) is 3.67. The van der Waals surface area contributed by atoms with Crippen LogP contribution in [0.4, 0.5) is 11.8 Å². The molecule has 0 aliphatic carbocycles. The Morgan fingerprint density at radius 3 is 3.05 bits per heavy atom. The normalized spacial score (nSPS) is 19.0. The van der Waals surface area contributed by atoms with Crippen molar-refractivity contribution in [3.63, 3.8) is 0 Å². The number of thiophene rings is 1. The summed E-state index contributed by atoms with van der Waals surface area (Å²) in [5, 5.41) is 3.74. The van der Waals surface area contributed by atoms with Crippen LogP contribution < -0.4 is 16.0 Å². The quantitative estimate of drug-likeness (QED) is 0.882. The van der Waals surface area contributed by atoms with Gasteiger partial charge in [0.2, 0.25) is 11.9 Å². The molecule has 0 bridgehead atoms. The predicted octanol–water partition coefficient (Wildman–Crippen LogP) is 1.69. The van der Waals surface area contributed by atoms with Gasteiger partial charge < -0.3 is 16.0 Å². The number of carbonyl (C=O) groups excluding carboxylic acids is 1. The predicted molar refractivity (Wildman–Crippen MR) is 85.6 cm³/mol. The Hall–Kier alpha value is -1.89. The summed E-state index contributed by atoms with van der Waals surface area (Å²) in [7, 11) is 1.67. The molecule has 0 radical (unpaired) electrons. The van der Waals surface area contributed by atoms with Gasteiger partial charge >= 0.3 is 0 Å². The first kappa shape index (κ1) is 14.1. The van der Waals surface area contributed by atoms with E-state index in [0.717, 1.165) is 41.8 Å². The minimum Gasteiger partial charge on any atom is -0.368 e. The van der Waals surface area contributed by atoms with E-state index in [1.54, 1.807) is 18.4 Å². The molecule has 7 heteroatoms. The average molecular weight is 305 g/mol. The molecule has 3 N–H and O–H groups in total. The van der Waals surface area contributed by atoms with Gasteiger partial charge in [-0.1, -0.05) is 0 Å². The first-order chi connectivity index (χ1) is 10.1. The van der Waals surface area contributed by atoms with Crippen molar-refractivity contribution in [2.45, 2.75) is 32.2 Å². The third kappa shape index (κ3) is 2.53. The molecular formula is C14H19N5OS. The Bertz CT molecular complexity index is 683. The molecule has 1 atom stereocenters. The van der Waals surface area contributed by atoms with Crippen LogP contribution in [0.3, 0.4) is 0 Å². The van der Waals surface area contributed by atoms with E-state index < -0.39 is 0 Å². The summed E-state index contributed by atoms with van der Waals surface area (Å²) >= 11 is 1.60. The van der Waals surface area contributed by atoms with Crippen LogP contribution in [0.25, 0.3) is 10.2 Å². The van der Waals surface area contributed by atoms with E-state index in [1.807, 2.05) is 6.92 Å². The van der Waals surface area contributed by atoms with Crippen molar-refractivity contribution in [2.75, 3.05) is 24.2 Å². The second kappa shape index (κ2) is 5.48. The molecule has 1 fully saturated rings. The van der Waals surface area contributed by atoms with E-state index in [1.165, 1.54) is 4.88 Å². The Labute approximate surface area is 127 Å². The highest BCUT2D eigenvalue weighted by Crippen LogP contribution is 2.34. The second-order valence-electron chi connectivity index (χ2n) is 5.30. The summed E-state index contributed by atoms with van der Waals surface area (Å²) in [6.45, 7) is 2.86. The molecule has 1 aliphatic rings. The molecule has 2 aromatic rings. The van der Waals surface area contributed by atoms with E-state index >= 15 is 0 Å². The minimum atomic E-state index is -0.179. The van der Waals surface area contributed by atoms with Crippen molar-refractivity contribution in [2.24, 2.45) is 0 Å². The molecule has 3 heterocycles. The maximum Gasteiger partial charge on any atom is 0.242 e. The van der Waals surface area contributed by atoms with Crippen LogP contribution in [0, 0.1) is 6.92 Å². The number of nitrogens with one attached hydrogen (secondary N) is 1. The van der Waals surface area contributed by atoms with Crippen molar-refractivity contribution in [3.05, 3.63) is 10.9 Å². The van der Waals surface area contributed by atoms with Gasteiger partial charge in [0.25, 0.3) is 0 Å². The van der Waals surface area contributed by atoms with E-state index in [0.29, 0.717) is 0 Å². The Morgan fingerprint density at radius 2 is 2.29 bits per heavy atom. The first-order valence-electron chi connectivity index (χ1n) is 7.12. The second-order valence-corrected chi connectivity index (χ2v) is 6.54. The summed E-state index contributed by atoms with van der Waals surface area (Å²) in [4.78, 5) is 25.0. The number of hydrogen-bond donors (Lipinski definition) is 2.